The topological polar surface area (TPSA) is 68.0 Å². The number of nitrogens with two attached hydrogens (primary N) is 1. The van der Waals surface area contributed by atoms with Crippen molar-refractivity contribution in [2.24, 2.45) is 0 Å². The fourth-order valence-corrected chi connectivity index (χ4v) is 1.99. The maximum atomic E-state index is 9.05. The lowest BCUT2D eigenvalue weighted by atomic mass is 10.3. The largest absolute Gasteiger partial charge is 0.490 e. The maximum Gasteiger partial charge on any atom is 0.142 e. The number of rotatable bonds is 5. The average Bonchev–Trinajstić information content (AvgIpc) is 2.41. The first kappa shape index (κ1) is 13.1. The molecule has 1 aromatic rings. The molecule has 1 aliphatic rings. The lowest BCUT2D eigenvalue weighted by molar-refractivity contribution is -0.0547. The van der Waals surface area contributed by atoms with Crippen LogP contribution < -0.4 is 10.5 Å². The number of ether oxygens (including phenoxy) is 2. The van der Waals surface area contributed by atoms with Gasteiger partial charge in [-0.25, -0.2) is 0 Å². The SMILES string of the molecule is Nc1ccccc1OCCN1CCOC(CO)C1. The van der Waals surface area contributed by atoms with E-state index in [1.807, 2.05) is 24.3 Å². The number of benzene rings is 1. The van der Waals surface area contributed by atoms with E-state index in [0.29, 0.717) is 18.9 Å². The Morgan fingerprint density at radius 2 is 2.28 bits per heavy atom. The summed E-state index contributed by atoms with van der Waals surface area (Å²) in [6, 6.07) is 7.48. The minimum atomic E-state index is -0.0689. The van der Waals surface area contributed by atoms with Crippen LogP contribution in [0.4, 0.5) is 5.69 Å². The zero-order chi connectivity index (χ0) is 12.8. The molecule has 0 spiro atoms. The molecule has 1 unspecified atom stereocenters. The van der Waals surface area contributed by atoms with Crippen molar-refractivity contribution in [3.05, 3.63) is 24.3 Å². The number of hydrogen-bond donors (Lipinski definition) is 2. The zero-order valence-corrected chi connectivity index (χ0v) is 10.4. The van der Waals surface area contributed by atoms with E-state index in [2.05, 4.69) is 4.90 Å². The van der Waals surface area contributed by atoms with Gasteiger partial charge in [-0.3, -0.25) is 4.90 Å². The zero-order valence-electron chi connectivity index (χ0n) is 10.4. The lowest BCUT2D eigenvalue weighted by Crippen LogP contribution is -2.45. The molecule has 1 aromatic carbocycles. The number of morpholine rings is 1. The summed E-state index contributed by atoms with van der Waals surface area (Å²) in [7, 11) is 0. The van der Waals surface area contributed by atoms with Gasteiger partial charge in [0, 0.05) is 19.6 Å². The normalized spacial score (nSPS) is 20.8. The average molecular weight is 252 g/mol. The molecular formula is C13H20N2O3. The molecule has 1 atom stereocenters. The number of hydrogen-bond acceptors (Lipinski definition) is 5. The number of para-hydroxylation sites is 2. The van der Waals surface area contributed by atoms with Crippen molar-refractivity contribution in [2.75, 3.05) is 45.2 Å². The van der Waals surface area contributed by atoms with E-state index in [4.69, 9.17) is 20.3 Å². The van der Waals surface area contributed by atoms with Crippen LogP contribution in [0.1, 0.15) is 0 Å². The Labute approximate surface area is 107 Å². The van der Waals surface area contributed by atoms with Gasteiger partial charge in [-0.2, -0.15) is 0 Å². The summed E-state index contributed by atoms with van der Waals surface area (Å²) in [4.78, 5) is 2.23. The molecule has 18 heavy (non-hydrogen) atoms. The molecule has 0 amide bonds. The smallest absolute Gasteiger partial charge is 0.142 e. The molecule has 1 saturated heterocycles. The molecule has 3 N–H and O–H groups in total. The summed E-state index contributed by atoms with van der Waals surface area (Å²) in [6.07, 6.45) is -0.0689. The molecule has 0 saturated carbocycles. The second-order valence-corrected chi connectivity index (χ2v) is 4.36. The molecule has 0 aromatic heterocycles. The van der Waals surface area contributed by atoms with Crippen molar-refractivity contribution in [3.8, 4) is 5.75 Å². The highest BCUT2D eigenvalue weighted by atomic mass is 16.5. The van der Waals surface area contributed by atoms with E-state index < -0.39 is 0 Å². The van der Waals surface area contributed by atoms with Gasteiger partial charge >= 0.3 is 0 Å². The van der Waals surface area contributed by atoms with Crippen LogP contribution in [-0.2, 0) is 4.74 Å². The monoisotopic (exact) mass is 252 g/mol. The Hall–Kier alpha value is -1.30. The molecule has 0 aliphatic carbocycles. The third kappa shape index (κ3) is 3.60. The second-order valence-electron chi connectivity index (χ2n) is 4.36. The molecule has 2 rings (SSSR count). The molecule has 1 aliphatic heterocycles. The van der Waals surface area contributed by atoms with E-state index in [1.54, 1.807) is 0 Å². The lowest BCUT2D eigenvalue weighted by Gasteiger charge is -2.31. The van der Waals surface area contributed by atoms with Crippen LogP contribution in [0.15, 0.2) is 24.3 Å². The van der Waals surface area contributed by atoms with Crippen LogP contribution in [0.2, 0.25) is 0 Å². The highest BCUT2D eigenvalue weighted by molar-refractivity contribution is 5.51. The van der Waals surface area contributed by atoms with Crippen molar-refractivity contribution < 1.29 is 14.6 Å². The number of nitrogens with zero attached hydrogens (tertiary/aromatic N) is 1. The third-order valence-electron chi connectivity index (χ3n) is 3.01. The van der Waals surface area contributed by atoms with Crippen LogP contribution >= 0.6 is 0 Å². The first-order chi connectivity index (χ1) is 8.79. The van der Waals surface area contributed by atoms with Gasteiger partial charge in [0.15, 0.2) is 0 Å². The van der Waals surface area contributed by atoms with Crippen molar-refractivity contribution in [1.82, 2.24) is 4.90 Å². The Morgan fingerprint density at radius 3 is 3.06 bits per heavy atom. The summed E-state index contributed by atoms with van der Waals surface area (Å²) < 4.78 is 11.0. The summed E-state index contributed by atoms with van der Waals surface area (Å²) >= 11 is 0. The third-order valence-corrected chi connectivity index (χ3v) is 3.01. The second kappa shape index (κ2) is 6.58. The number of aliphatic hydroxyl groups excluding tert-OH is 1. The maximum absolute atomic E-state index is 9.05. The van der Waals surface area contributed by atoms with Gasteiger partial charge in [-0.15, -0.1) is 0 Å². The standard InChI is InChI=1S/C13H20N2O3/c14-12-3-1-2-4-13(12)18-8-6-15-5-7-17-11(9-15)10-16/h1-4,11,16H,5-10,14H2. The van der Waals surface area contributed by atoms with Crippen LogP contribution in [-0.4, -0.2) is 55.6 Å². The van der Waals surface area contributed by atoms with E-state index in [9.17, 15) is 0 Å². The molecule has 5 heteroatoms. The molecule has 5 nitrogen and oxygen atoms in total. The number of anilines is 1. The van der Waals surface area contributed by atoms with Crippen molar-refractivity contribution in [3.63, 3.8) is 0 Å². The summed E-state index contributed by atoms with van der Waals surface area (Å²) in [6.45, 7) is 3.77. The highest BCUT2D eigenvalue weighted by Crippen LogP contribution is 2.19. The first-order valence-electron chi connectivity index (χ1n) is 6.21. The van der Waals surface area contributed by atoms with E-state index in [1.165, 1.54) is 0 Å². The first-order valence-corrected chi connectivity index (χ1v) is 6.21. The van der Waals surface area contributed by atoms with Crippen LogP contribution in [0.5, 0.6) is 5.75 Å². The Balaban J connectivity index is 1.73. The van der Waals surface area contributed by atoms with Crippen molar-refractivity contribution >= 4 is 5.69 Å². The van der Waals surface area contributed by atoms with E-state index in [-0.39, 0.29) is 12.7 Å². The van der Waals surface area contributed by atoms with Crippen LogP contribution in [0.25, 0.3) is 0 Å². The van der Waals surface area contributed by atoms with Gasteiger partial charge in [0.1, 0.15) is 12.4 Å². The quantitative estimate of drug-likeness (QED) is 0.740. The van der Waals surface area contributed by atoms with Gasteiger partial charge in [0.2, 0.25) is 0 Å². The van der Waals surface area contributed by atoms with Gasteiger partial charge in [-0.1, -0.05) is 12.1 Å². The number of aliphatic hydroxyl groups is 1. The molecule has 1 heterocycles. The number of nitrogen functional groups attached to an aromatic ring is 1. The van der Waals surface area contributed by atoms with Gasteiger partial charge in [0.25, 0.3) is 0 Å². The van der Waals surface area contributed by atoms with Crippen molar-refractivity contribution in [2.45, 2.75) is 6.10 Å². The van der Waals surface area contributed by atoms with Gasteiger partial charge in [-0.05, 0) is 12.1 Å². The van der Waals surface area contributed by atoms with Crippen molar-refractivity contribution in [1.29, 1.82) is 0 Å². The summed E-state index contributed by atoms with van der Waals surface area (Å²) in [5, 5.41) is 9.05. The van der Waals surface area contributed by atoms with Gasteiger partial charge < -0.3 is 20.3 Å². The predicted octanol–water partition coefficient (Wildman–Crippen LogP) is 0.341. The fourth-order valence-electron chi connectivity index (χ4n) is 1.99. The van der Waals surface area contributed by atoms with Crippen LogP contribution in [0, 0.1) is 0 Å². The highest BCUT2D eigenvalue weighted by Gasteiger charge is 2.19. The molecule has 0 bridgehead atoms. The van der Waals surface area contributed by atoms with E-state index in [0.717, 1.165) is 25.4 Å². The summed E-state index contributed by atoms with van der Waals surface area (Å²) in [5.74, 6) is 0.726. The molecule has 100 valence electrons. The van der Waals surface area contributed by atoms with Gasteiger partial charge in [0.05, 0.1) is 25.0 Å². The Kier molecular flexibility index (Phi) is 4.81. The predicted molar refractivity (Wildman–Crippen MR) is 69.6 cm³/mol. The molecular weight excluding hydrogens is 232 g/mol. The van der Waals surface area contributed by atoms with Crippen LogP contribution in [0.3, 0.4) is 0 Å². The van der Waals surface area contributed by atoms with E-state index >= 15 is 0 Å². The molecule has 0 radical (unpaired) electrons. The Bertz CT molecular complexity index is 373. The minimum Gasteiger partial charge on any atom is -0.490 e. The summed E-state index contributed by atoms with van der Waals surface area (Å²) in [5.41, 5.74) is 6.45. The Morgan fingerprint density at radius 1 is 1.44 bits per heavy atom. The minimum absolute atomic E-state index is 0.0689. The molecule has 1 fully saturated rings. The fraction of sp³-hybridized carbons (Fsp3) is 0.538.